The molecule has 1 aromatic rings. The Bertz CT molecular complexity index is 260. The van der Waals surface area contributed by atoms with Crippen molar-refractivity contribution in [1.29, 1.82) is 0 Å². The van der Waals surface area contributed by atoms with Crippen molar-refractivity contribution in [2.75, 3.05) is 6.54 Å². The van der Waals surface area contributed by atoms with Gasteiger partial charge in [0.1, 0.15) is 0 Å². The summed E-state index contributed by atoms with van der Waals surface area (Å²) in [4.78, 5) is 0. The summed E-state index contributed by atoms with van der Waals surface area (Å²) < 4.78 is 0. The Labute approximate surface area is 78.6 Å². The molecule has 0 aromatic heterocycles. The summed E-state index contributed by atoms with van der Waals surface area (Å²) in [5, 5.41) is 12.9. The molecule has 0 radical (unpaired) electrons. The van der Waals surface area contributed by atoms with E-state index in [0.29, 0.717) is 0 Å². The van der Waals surface area contributed by atoms with Gasteiger partial charge in [-0.2, -0.15) is 0 Å². The van der Waals surface area contributed by atoms with Gasteiger partial charge in [-0.3, -0.25) is 0 Å². The molecule has 0 aliphatic carbocycles. The molecule has 1 aromatic carbocycles. The Hall–Kier alpha value is -0.860. The Kier molecular flexibility index (Phi) is 2.62. The zero-order valence-electron chi connectivity index (χ0n) is 7.61. The summed E-state index contributed by atoms with van der Waals surface area (Å²) >= 11 is 0. The average molecular weight is 177 g/mol. The van der Waals surface area contributed by atoms with Crippen LogP contribution in [-0.2, 0) is 6.42 Å². The van der Waals surface area contributed by atoms with Crippen LogP contribution >= 0.6 is 0 Å². The smallest absolute Gasteiger partial charge is 0.0708 e. The first-order chi connectivity index (χ1) is 6.36. The van der Waals surface area contributed by atoms with Gasteiger partial charge in [0, 0.05) is 6.04 Å². The van der Waals surface area contributed by atoms with E-state index >= 15 is 0 Å². The predicted octanol–water partition coefficient (Wildman–Crippen LogP) is 0.952. The molecule has 13 heavy (non-hydrogen) atoms. The lowest BCUT2D eigenvalue weighted by molar-refractivity contribution is 0.159. The fourth-order valence-corrected chi connectivity index (χ4v) is 1.83. The summed E-state index contributed by atoms with van der Waals surface area (Å²) in [5.74, 6) is 0. The molecule has 0 spiro atoms. The third-order valence-corrected chi connectivity index (χ3v) is 2.61. The van der Waals surface area contributed by atoms with E-state index in [9.17, 15) is 5.11 Å². The topological polar surface area (TPSA) is 32.3 Å². The van der Waals surface area contributed by atoms with Crippen molar-refractivity contribution in [2.24, 2.45) is 0 Å². The van der Waals surface area contributed by atoms with Gasteiger partial charge in [-0.15, -0.1) is 0 Å². The maximum atomic E-state index is 9.59. The van der Waals surface area contributed by atoms with Gasteiger partial charge in [0.25, 0.3) is 0 Å². The predicted molar refractivity (Wildman–Crippen MR) is 52.6 cm³/mol. The second-order valence-electron chi connectivity index (χ2n) is 3.61. The Morgan fingerprint density at radius 3 is 2.69 bits per heavy atom. The number of aliphatic hydroxyl groups excluding tert-OH is 1. The average Bonchev–Trinajstić information content (AvgIpc) is 2.54. The lowest BCUT2D eigenvalue weighted by Crippen LogP contribution is -2.32. The first-order valence-electron chi connectivity index (χ1n) is 4.81. The van der Waals surface area contributed by atoms with E-state index in [2.05, 4.69) is 17.4 Å². The van der Waals surface area contributed by atoms with Crippen molar-refractivity contribution in [2.45, 2.75) is 25.0 Å². The molecule has 0 saturated carbocycles. The van der Waals surface area contributed by atoms with Crippen LogP contribution < -0.4 is 5.32 Å². The molecule has 1 aliphatic rings. The van der Waals surface area contributed by atoms with E-state index in [-0.39, 0.29) is 12.1 Å². The van der Waals surface area contributed by atoms with Crippen LogP contribution in [0.2, 0.25) is 0 Å². The van der Waals surface area contributed by atoms with Crippen molar-refractivity contribution in [3.63, 3.8) is 0 Å². The highest BCUT2D eigenvalue weighted by atomic mass is 16.3. The fourth-order valence-electron chi connectivity index (χ4n) is 1.83. The lowest BCUT2D eigenvalue weighted by atomic mass is 10.0. The zero-order chi connectivity index (χ0) is 9.10. The molecule has 70 valence electrons. The molecule has 1 aliphatic heterocycles. The molecule has 2 atom stereocenters. The van der Waals surface area contributed by atoms with Crippen LogP contribution in [0.4, 0.5) is 0 Å². The minimum atomic E-state index is -0.166. The number of aliphatic hydroxyl groups is 1. The number of hydrogen-bond donors (Lipinski definition) is 2. The molecule has 0 amide bonds. The highest BCUT2D eigenvalue weighted by molar-refractivity contribution is 5.16. The first-order valence-corrected chi connectivity index (χ1v) is 4.81. The molecule has 1 fully saturated rings. The first kappa shape index (κ1) is 8.73. The van der Waals surface area contributed by atoms with E-state index < -0.39 is 0 Å². The molecule has 0 bridgehead atoms. The van der Waals surface area contributed by atoms with Crippen molar-refractivity contribution in [1.82, 2.24) is 5.32 Å². The summed E-state index contributed by atoms with van der Waals surface area (Å²) in [7, 11) is 0. The maximum Gasteiger partial charge on any atom is 0.0708 e. The van der Waals surface area contributed by atoms with Crippen LogP contribution in [0.1, 0.15) is 12.0 Å². The van der Waals surface area contributed by atoms with E-state index in [4.69, 9.17) is 0 Å². The van der Waals surface area contributed by atoms with E-state index in [1.165, 1.54) is 5.56 Å². The zero-order valence-corrected chi connectivity index (χ0v) is 7.61. The van der Waals surface area contributed by atoms with Crippen LogP contribution in [0, 0.1) is 0 Å². The Balaban J connectivity index is 1.98. The Morgan fingerprint density at radius 2 is 2.08 bits per heavy atom. The third kappa shape index (κ3) is 2.08. The van der Waals surface area contributed by atoms with Crippen molar-refractivity contribution < 1.29 is 5.11 Å². The summed E-state index contributed by atoms with van der Waals surface area (Å²) in [6, 6.07) is 10.6. The van der Waals surface area contributed by atoms with Crippen LogP contribution in [-0.4, -0.2) is 23.8 Å². The van der Waals surface area contributed by atoms with E-state index in [1.807, 2.05) is 18.2 Å². The summed E-state index contributed by atoms with van der Waals surface area (Å²) in [5.41, 5.74) is 1.29. The fraction of sp³-hybridized carbons (Fsp3) is 0.455. The van der Waals surface area contributed by atoms with Crippen LogP contribution in [0.15, 0.2) is 30.3 Å². The quantitative estimate of drug-likeness (QED) is 0.705. The van der Waals surface area contributed by atoms with Gasteiger partial charge in [0.15, 0.2) is 0 Å². The molecule has 2 N–H and O–H groups in total. The molecule has 0 unspecified atom stereocenters. The van der Waals surface area contributed by atoms with Gasteiger partial charge in [0.05, 0.1) is 6.10 Å². The molecular formula is C11H15NO. The normalized spacial score (nSPS) is 27.8. The minimum absolute atomic E-state index is 0.166. The molecule has 2 heteroatoms. The molecule has 2 nitrogen and oxygen atoms in total. The Morgan fingerprint density at radius 1 is 1.31 bits per heavy atom. The summed E-state index contributed by atoms with van der Waals surface area (Å²) in [6.45, 7) is 0.943. The van der Waals surface area contributed by atoms with Gasteiger partial charge in [-0.1, -0.05) is 30.3 Å². The lowest BCUT2D eigenvalue weighted by Gasteiger charge is -2.14. The molecule has 1 heterocycles. The van der Waals surface area contributed by atoms with Gasteiger partial charge in [0.2, 0.25) is 0 Å². The minimum Gasteiger partial charge on any atom is -0.391 e. The van der Waals surface area contributed by atoms with E-state index in [0.717, 1.165) is 19.4 Å². The molecule has 1 saturated heterocycles. The second-order valence-corrected chi connectivity index (χ2v) is 3.61. The van der Waals surface area contributed by atoms with Gasteiger partial charge >= 0.3 is 0 Å². The maximum absolute atomic E-state index is 9.59. The SMILES string of the molecule is O[C@H]1CCN[C@@H]1Cc1ccccc1. The number of benzene rings is 1. The number of rotatable bonds is 2. The largest absolute Gasteiger partial charge is 0.391 e. The van der Waals surface area contributed by atoms with Crippen LogP contribution in [0.3, 0.4) is 0 Å². The molecular weight excluding hydrogens is 162 g/mol. The summed E-state index contributed by atoms with van der Waals surface area (Å²) in [6.07, 6.45) is 1.65. The third-order valence-electron chi connectivity index (χ3n) is 2.61. The van der Waals surface area contributed by atoms with Crippen molar-refractivity contribution in [3.8, 4) is 0 Å². The highest BCUT2D eigenvalue weighted by Gasteiger charge is 2.24. The van der Waals surface area contributed by atoms with E-state index in [1.54, 1.807) is 0 Å². The number of hydrogen-bond acceptors (Lipinski definition) is 2. The highest BCUT2D eigenvalue weighted by Crippen LogP contribution is 2.12. The monoisotopic (exact) mass is 177 g/mol. The van der Waals surface area contributed by atoms with Crippen LogP contribution in [0.5, 0.6) is 0 Å². The van der Waals surface area contributed by atoms with Gasteiger partial charge in [-0.05, 0) is 24.9 Å². The van der Waals surface area contributed by atoms with Crippen molar-refractivity contribution in [3.05, 3.63) is 35.9 Å². The standard InChI is InChI=1S/C11H15NO/c13-11-6-7-12-10(11)8-9-4-2-1-3-5-9/h1-5,10-13H,6-8H2/t10-,11+/m1/s1. The molecule has 2 rings (SSSR count). The van der Waals surface area contributed by atoms with Crippen molar-refractivity contribution >= 4 is 0 Å². The van der Waals surface area contributed by atoms with Gasteiger partial charge in [-0.25, -0.2) is 0 Å². The second kappa shape index (κ2) is 3.90. The van der Waals surface area contributed by atoms with Crippen LogP contribution in [0.25, 0.3) is 0 Å². The van der Waals surface area contributed by atoms with Gasteiger partial charge < -0.3 is 10.4 Å². The number of nitrogens with one attached hydrogen (secondary N) is 1.